The van der Waals surface area contributed by atoms with Gasteiger partial charge in [0, 0.05) is 6.54 Å². The van der Waals surface area contributed by atoms with Crippen molar-refractivity contribution in [2.75, 3.05) is 6.54 Å². The minimum Gasteiger partial charge on any atom is -0.508 e. The van der Waals surface area contributed by atoms with Gasteiger partial charge in [0.25, 0.3) is 0 Å². The molecule has 0 saturated heterocycles. The fraction of sp³-hybridized carbons (Fsp3) is 0.421. The number of aromatic hydroxyl groups is 1. The third kappa shape index (κ3) is 9.75. The number of hydrogen-bond acceptors (Lipinski definition) is 7. The first-order valence-corrected chi connectivity index (χ1v) is 9.70. The number of carboxylic acids is 1. The number of guanidine groups is 1. The summed E-state index contributed by atoms with van der Waals surface area (Å²) in [5, 5.41) is 23.2. The molecule has 0 aliphatic heterocycles. The Labute approximate surface area is 184 Å². The number of nitrogens with zero attached hydrogens (tertiary/aromatic N) is 1. The van der Waals surface area contributed by atoms with Crippen molar-refractivity contribution < 1.29 is 29.4 Å². The Balaban J connectivity index is 2.77. The largest absolute Gasteiger partial charge is 0.508 e. The van der Waals surface area contributed by atoms with Crippen molar-refractivity contribution in [1.82, 2.24) is 10.6 Å². The maximum atomic E-state index is 12.6. The van der Waals surface area contributed by atoms with E-state index in [4.69, 9.17) is 22.9 Å². The Hall–Kier alpha value is -3.87. The Kier molecular flexibility index (Phi) is 10.4. The van der Waals surface area contributed by atoms with Crippen LogP contribution in [0.3, 0.4) is 0 Å². The zero-order valence-corrected chi connectivity index (χ0v) is 17.4. The summed E-state index contributed by atoms with van der Waals surface area (Å²) >= 11 is 0. The van der Waals surface area contributed by atoms with Crippen molar-refractivity contribution >= 4 is 29.7 Å². The van der Waals surface area contributed by atoms with Crippen molar-refractivity contribution in [3.8, 4) is 5.75 Å². The molecule has 13 heteroatoms. The van der Waals surface area contributed by atoms with Crippen molar-refractivity contribution in [3.05, 3.63) is 29.8 Å². The van der Waals surface area contributed by atoms with Crippen LogP contribution in [0.1, 0.15) is 24.8 Å². The molecule has 1 aromatic carbocycles. The molecule has 3 amide bonds. The van der Waals surface area contributed by atoms with E-state index in [-0.39, 0.29) is 37.5 Å². The van der Waals surface area contributed by atoms with Crippen molar-refractivity contribution in [2.24, 2.45) is 27.9 Å². The smallest absolute Gasteiger partial charge is 0.326 e. The minimum absolute atomic E-state index is 0.00938. The van der Waals surface area contributed by atoms with E-state index in [1.807, 2.05) is 0 Å². The first-order chi connectivity index (χ1) is 15.0. The number of carbonyl (C=O) groups excluding carboxylic acids is 3. The third-order valence-corrected chi connectivity index (χ3v) is 4.33. The van der Waals surface area contributed by atoms with Crippen molar-refractivity contribution in [2.45, 2.75) is 43.8 Å². The van der Waals surface area contributed by atoms with Crippen molar-refractivity contribution in [1.29, 1.82) is 0 Å². The second-order valence-corrected chi connectivity index (χ2v) is 7.06. The number of phenols is 1. The molecule has 0 spiro atoms. The topological polar surface area (TPSA) is 249 Å². The van der Waals surface area contributed by atoms with E-state index < -0.39 is 48.2 Å². The number of aliphatic imine (C=N–C) groups is 1. The van der Waals surface area contributed by atoms with E-state index in [1.54, 1.807) is 12.1 Å². The number of carbonyl (C=O) groups is 4. The van der Waals surface area contributed by atoms with E-state index in [0.717, 1.165) is 0 Å². The van der Waals surface area contributed by atoms with Crippen LogP contribution in [0.25, 0.3) is 0 Å². The van der Waals surface area contributed by atoms with Crippen LogP contribution in [0.15, 0.2) is 29.3 Å². The molecule has 0 saturated carbocycles. The maximum Gasteiger partial charge on any atom is 0.326 e. The average Bonchev–Trinajstić information content (AvgIpc) is 2.70. The lowest BCUT2D eigenvalue weighted by molar-refractivity contribution is -0.142. The monoisotopic (exact) mass is 451 g/mol. The molecule has 1 rings (SSSR count). The van der Waals surface area contributed by atoms with Gasteiger partial charge in [0.2, 0.25) is 17.7 Å². The quantitative estimate of drug-likeness (QED) is 0.0877. The van der Waals surface area contributed by atoms with Gasteiger partial charge in [-0.2, -0.15) is 0 Å². The number of carboxylic acid groups (broad SMARTS) is 1. The van der Waals surface area contributed by atoms with Gasteiger partial charge in [0.05, 0.1) is 12.5 Å². The Morgan fingerprint density at radius 2 is 1.56 bits per heavy atom. The summed E-state index contributed by atoms with van der Waals surface area (Å²) in [5.74, 6) is -3.92. The summed E-state index contributed by atoms with van der Waals surface area (Å²) < 4.78 is 0. The lowest BCUT2D eigenvalue weighted by Crippen LogP contribution is -2.55. The number of phenolic OH excluding ortho intramolecular Hbond substituents is 1. The molecule has 0 radical (unpaired) electrons. The lowest BCUT2D eigenvalue weighted by Gasteiger charge is -2.22. The van der Waals surface area contributed by atoms with Crippen LogP contribution in [-0.4, -0.2) is 64.5 Å². The predicted octanol–water partition coefficient (Wildman–Crippen LogP) is -2.75. The molecule has 0 fully saturated rings. The van der Waals surface area contributed by atoms with Gasteiger partial charge >= 0.3 is 5.97 Å². The normalized spacial score (nSPS) is 13.3. The fourth-order valence-corrected chi connectivity index (χ4v) is 2.70. The molecule has 3 unspecified atom stereocenters. The zero-order chi connectivity index (χ0) is 24.3. The summed E-state index contributed by atoms with van der Waals surface area (Å²) in [6, 6.07) is 2.24. The highest BCUT2D eigenvalue weighted by atomic mass is 16.4. The van der Waals surface area contributed by atoms with Crippen LogP contribution in [0.5, 0.6) is 5.75 Å². The van der Waals surface area contributed by atoms with Crippen molar-refractivity contribution in [3.63, 3.8) is 0 Å². The molecular formula is C19H29N7O6. The first-order valence-electron chi connectivity index (χ1n) is 9.70. The van der Waals surface area contributed by atoms with E-state index >= 15 is 0 Å². The number of rotatable bonds is 13. The van der Waals surface area contributed by atoms with Gasteiger partial charge in [-0.05, 0) is 37.0 Å². The van der Waals surface area contributed by atoms with E-state index in [1.165, 1.54) is 12.1 Å². The second kappa shape index (κ2) is 12.7. The number of nitrogens with two attached hydrogens (primary N) is 4. The standard InChI is InChI=1S/C19H29N7O6/c20-12(8-10-3-5-11(27)6-4-10)16(29)26-14(9-15(21)28)17(30)25-13(18(31)32)2-1-7-24-19(22)23/h3-6,12-14,27H,1-2,7-9,20H2,(H2,21,28)(H,25,30)(H,26,29)(H,31,32)(H4,22,23,24). The lowest BCUT2D eigenvalue weighted by atomic mass is 10.0. The van der Waals surface area contributed by atoms with Gasteiger partial charge in [-0.15, -0.1) is 0 Å². The molecular weight excluding hydrogens is 422 g/mol. The number of hydrogen-bond donors (Lipinski definition) is 8. The summed E-state index contributed by atoms with van der Waals surface area (Å²) in [5.41, 5.74) is 22.1. The Bertz CT molecular complexity index is 839. The van der Waals surface area contributed by atoms with Gasteiger partial charge in [0.1, 0.15) is 17.8 Å². The molecule has 0 aromatic heterocycles. The maximum absolute atomic E-state index is 12.6. The van der Waals surface area contributed by atoms with Gasteiger partial charge in [0.15, 0.2) is 5.96 Å². The van der Waals surface area contributed by atoms with Gasteiger partial charge in [-0.3, -0.25) is 19.4 Å². The van der Waals surface area contributed by atoms with Gasteiger partial charge in [-0.25, -0.2) is 4.79 Å². The van der Waals surface area contributed by atoms with Gasteiger partial charge < -0.3 is 43.8 Å². The van der Waals surface area contributed by atoms with Gasteiger partial charge in [-0.1, -0.05) is 12.1 Å². The molecule has 1 aromatic rings. The highest BCUT2D eigenvalue weighted by Gasteiger charge is 2.29. The molecule has 32 heavy (non-hydrogen) atoms. The third-order valence-electron chi connectivity index (χ3n) is 4.33. The van der Waals surface area contributed by atoms with Crippen LogP contribution in [0.4, 0.5) is 0 Å². The Morgan fingerprint density at radius 3 is 2.09 bits per heavy atom. The highest BCUT2D eigenvalue weighted by molar-refractivity contribution is 5.94. The second-order valence-electron chi connectivity index (χ2n) is 7.06. The fourth-order valence-electron chi connectivity index (χ4n) is 2.70. The molecule has 0 aliphatic carbocycles. The van der Waals surface area contributed by atoms with Crippen LogP contribution in [0.2, 0.25) is 0 Å². The van der Waals surface area contributed by atoms with Crippen LogP contribution in [0, 0.1) is 0 Å². The zero-order valence-electron chi connectivity index (χ0n) is 17.4. The molecule has 3 atom stereocenters. The summed E-state index contributed by atoms with van der Waals surface area (Å²) in [7, 11) is 0. The molecule has 0 aliphatic rings. The van der Waals surface area contributed by atoms with E-state index in [0.29, 0.717) is 5.56 Å². The van der Waals surface area contributed by atoms with Crippen LogP contribution in [-0.2, 0) is 25.6 Å². The number of amides is 3. The minimum atomic E-state index is -1.41. The summed E-state index contributed by atoms with van der Waals surface area (Å²) in [6.07, 6.45) is -0.182. The SMILES string of the molecule is NC(=O)CC(NC(=O)C(N)Cc1ccc(O)cc1)C(=O)NC(CCCN=C(N)N)C(=O)O. The average molecular weight is 451 g/mol. The summed E-state index contributed by atoms with van der Waals surface area (Å²) in [4.78, 5) is 51.5. The number of benzene rings is 1. The Morgan fingerprint density at radius 1 is 0.969 bits per heavy atom. The number of primary amides is 1. The molecule has 13 nitrogen and oxygen atoms in total. The summed E-state index contributed by atoms with van der Waals surface area (Å²) in [6.45, 7) is 0.162. The molecule has 12 N–H and O–H groups in total. The van der Waals surface area contributed by atoms with E-state index in [9.17, 15) is 29.4 Å². The molecule has 176 valence electrons. The predicted molar refractivity (Wildman–Crippen MR) is 115 cm³/mol. The van der Waals surface area contributed by atoms with Crippen LogP contribution >= 0.6 is 0 Å². The first kappa shape index (κ1) is 26.2. The number of aliphatic carboxylic acids is 1. The number of nitrogens with one attached hydrogen (secondary N) is 2. The molecule has 0 bridgehead atoms. The van der Waals surface area contributed by atoms with E-state index in [2.05, 4.69) is 15.6 Å². The highest BCUT2D eigenvalue weighted by Crippen LogP contribution is 2.11. The molecule has 0 heterocycles. The van der Waals surface area contributed by atoms with Crippen LogP contribution < -0.4 is 33.6 Å².